The Labute approximate surface area is 185 Å². The molecular formula is C25H38O6. The van der Waals surface area contributed by atoms with Gasteiger partial charge < -0.3 is 19.3 Å². The van der Waals surface area contributed by atoms with Crippen LogP contribution in [-0.4, -0.2) is 47.6 Å². The van der Waals surface area contributed by atoms with E-state index >= 15 is 0 Å². The molecule has 2 saturated heterocycles. The highest BCUT2D eigenvalue weighted by Gasteiger charge is 2.59. The Bertz CT molecular complexity index is 742. The molecule has 31 heavy (non-hydrogen) atoms. The number of epoxide rings is 1. The number of allylic oxidation sites excluding steroid dienone is 1. The van der Waals surface area contributed by atoms with Crippen molar-refractivity contribution in [3.05, 3.63) is 11.6 Å². The van der Waals surface area contributed by atoms with Gasteiger partial charge in [0.1, 0.15) is 18.3 Å². The maximum atomic E-state index is 12.9. The van der Waals surface area contributed by atoms with Crippen molar-refractivity contribution >= 4 is 11.9 Å². The molecule has 6 nitrogen and oxygen atoms in total. The van der Waals surface area contributed by atoms with Gasteiger partial charge in [-0.05, 0) is 62.9 Å². The Balaban J connectivity index is 1.53. The van der Waals surface area contributed by atoms with E-state index in [0.29, 0.717) is 24.2 Å². The molecule has 2 aliphatic carbocycles. The lowest BCUT2D eigenvalue weighted by molar-refractivity contribution is -0.166. The summed E-state index contributed by atoms with van der Waals surface area (Å²) in [7, 11) is 0. The predicted molar refractivity (Wildman–Crippen MR) is 115 cm³/mol. The third-order valence-electron chi connectivity index (χ3n) is 8.13. The molecule has 0 bridgehead atoms. The van der Waals surface area contributed by atoms with E-state index in [1.807, 2.05) is 20.8 Å². The fourth-order valence-electron chi connectivity index (χ4n) is 5.83. The highest BCUT2D eigenvalue weighted by molar-refractivity contribution is 5.76. The van der Waals surface area contributed by atoms with E-state index in [0.717, 1.165) is 25.7 Å². The number of cyclic esters (lactones) is 1. The number of carbonyl (C=O) groups is 2. The second kappa shape index (κ2) is 8.51. The minimum atomic E-state index is -0.609. The van der Waals surface area contributed by atoms with Crippen molar-refractivity contribution in [1.82, 2.24) is 0 Å². The van der Waals surface area contributed by atoms with Gasteiger partial charge in [-0.25, -0.2) is 0 Å². The van der Waals surface area contributed by atoms with Crippen molar-refractivity contribution in [3.8, 4) is 0 Å². The molecule has 9 unspecified atom stereocenters. The number of aliphatic hydroxyl groups excluding tert-OH is 1. The van der Waals surface area contributed by atoms with Gasteiger partial charge in [-0.3, -0.25) is 9.59 Å². The molecule has 0 radical (unpaired) electrons. The molecule has 0 aromatic rings. The van der Waals surface area contributed by atoms with Crippen molar-refractivity contribution in [3.63, 3.8) is 0 Å². The third kappa shape index (κ3) is 4.56. The number of ether oxygens (including phenoxy) is 3. The van der Waals surface area contributed by atoms with Crippen molar-refractivity contribution in [2.75, 3.05) is 0 Å². The van der Waals surface area contributed by atoms with Gasteiger partial charge in [0.2, 0.25) is 0 Å². The van der Waals surface area contributed by atoms with Crippen LogP contribution in [0.15, 0.2) is 11.6 Å². The quantitative estimate of drug-likeness (QED) is 0.389. The second-order valence-electron chi connectivity index (χ2n) is 10.9. The summed E-state index contributed by atoms with van der Waals surface area (Å²) in [6, 6.07) is 0. The maximum absolute atomic E-state index is 12.9. The number of rotatable bonds is 6. The Morgan fingerprint density at radius 2 is 2.00 bits per heavy atom. The molecule has 3 fully saturated rings. The summed E-state index contributed by atoms with van der Waals surface area (Å²) in [5.74, 6) is 0.709. The number of fused-ring (bicyclic) bond motifs is 3. The zero-order valence-corrected chi connectivity index (χ0v) is 19.5. The van der Waals surface area contributed by atoms with Crippen LogP contribution in [0.3, 0.4) is 0 Å². The van der Waals surface area contributed by atoms with Crippen molar-refractivity contribution in [1.29, 1.82) is 0 Å². The largest absolute Gasteiger partial charge is 0.462 e. The molecule has 9 atom stereocenters. The summed E-state index contributed by atoms with van der Waals surface area (Å²) in [6.07, 6.45) is 5.49. The smallest absolute Gasteiger partial charge is 0.311 e. The van der Waals surface area contributed by atoms with Gasteiger partial charge in [0.25, 0.3) is 0 Å². The molecule has 6 heteroatoms. The van der Waals surface area contributed by atoms with Gasteiger partial charge in [-0.1, -0.05) is 26.8 Å². The van der Waals surface area contributed by atoms with E-state index in [4.69, 9.17) is 14.2 Å². The summed E-state index contributed by atoms with van der Waals surface area (Å²) in [5.41, 5.74) is 0.811. The van der Waals surface area contributed by atoms with Gasteiger partial charge in [-0.2, -0.15) is 0 Å². The molecule has 0 amide bonds. The monoisotopic (exact) mass is 434 g/mol. The van der Waals surface area contributed by atoms with Gasteiger partial charge in [0.15, 0.2) is 0 Å². The van der Waals surface area contributed by atoms with Crippen LogP contribution >= 0.6 is 0 Å². The van der Waals surface area contributed by atoms with Crippen LogP contribution in [0, 0.1) is 29.1 Å². The highest BCUT2D eigenvalue weighted by Crippen LogP contribution is 2.55. The van der Waals surface area contributed by atoms with Crippen LogP contribution in [0.25, 0.3) is 0 Å². The van der Waals surface area contributed by atoms with Crippen LogP contribution in [0.2, 0.25) is 0 Å². The number of aliphatic hydroxyl groups is 1. The lowest BCUT2D eigenvalue weighted by Crippen LogP contribution is -2.46. The Kier molecular flexibility index (Phi) is 6.25. The summed E-state index contributed by atoms with van der Waals surface area (Å²) in [6.45, 7) is 10.3. The lowest BCUT2D eigenvalue weighted by atomic mass is 9.62. The van der Waals surface area contributed by atoms with Gasteiger partial charge in [0, 0.05) is 12.3 Å². The SMILES string of the molecule is CCC(C)(C)C(=O)OC1CC(C)C=C2C3OC3C(C)C(CCC3CC(O)CC(=O)O3)C21. The first kappa shape index (κ1) is 22.8. The summed E-state index contributed by atoms with van der Waals surface area (Å²) in [4.78, 5) is 24.7. The number of hydrogen-bond donors (Lipinski definition) is 1. The predicted octanol–water partition coefficient (Wildman–Crippen LogP) is 3.80. The molecule has 2 heterocycles. The van der Waals surface area contributed by atoms with E-state index in [9.17, 15) is 14.7 Å². The molecule has 0 aromatic heterocycles. The maximum Gasteiger partial charge on any atom is 0.311 e. The summed E-state index contributed by atoms with van der Waals surface area (Å²) in [5, 5.41) is 9.96. The lowest BCUT2D eigenvalue weighted by Gasteiger charge is -2.44. The highest BCUT2D eigenvalue weighted by atomic mass is 16.6. The third-order valence-corrected chi connectivity index (χ3v) is 8.13. The van der Waals surface area contributed by atoms with Crippen LogP contribution in [-0.2, 0) is 23.8 Å². The van der Waals surface area contributed by atoms with Crippen LogP contribution < -0.4 is 0 Å². The first-order chi connectivity index (χ1) is 14.6. The molecule has 0 aromatic carbocycles. The standard InChI is InChI=1S/C25H38O6/c1-6-25(4,5)24(28)30-19-10-13(2)9-18-21(19)17(14(3)22-23(18)31-22)8-7-16-11-15(26)12-20(27)29-16/h9,13-17,19,21-23,26H,6-8,10-12H2,1-5H3. The minimum Gasteiger partial charge on any atom is -0.462 e. The Morgan fingerprint density at radius 3 is 2.68 bits per heavy atom. The van der Waals surface area contributed by atoms with Gasteiger partial charge >= 0.3 is 11.9 Å². The van der Waals surface area contributed by atoms with E-state index < -0.39 is 11.5 Å². The molecule has 174 valence electrons. The Morgan fingerprint density at radius 1 is 1.26 bits per heavy atom. The van der Waals surface area contributed by atoms with E-state index in [2.05, 4.69) is 19.9 Å². The average Bonchev–Trinajstić information content (AvgIpc) is 3.49. The molecule has 4 rings (SSSR count). The summed E-state index contributed by atoms with van der Waals surface area (Å²) >= 11 is 0. The fraction of sp³-hybridized carbons (Fsp3) is 0.840. The van der Waals surface area contributed by atoms with Crippen LogP contribution in [0.1, 0.15) is 73.1 Å². The topological polar surface area (TPSA) is 85.4 Å². The zero-order chi connectivity index (χ0) is 22.5. The van der Waals surface area contributed by atoms with Gasteiger partial charge in [0.05, 0.1) is 24.0 Å². The van der Waals surface area contributed by atoms with Crippen molar-refractivity contribution in [2.45, 2.75) is 104 Å². The molecule has 0 spiro atoms. The van der Waals surface area contributed by atoms with E-state index in [1.54, 1.807) is 0 Å². The van der Waals surface area contributed by atoms with Crippen LogP contribution in [0.4, 0.5) is 0 Å². The normalized spacial score (nSPS) is 42.1. The minimum absolute atomic E-state index is 0.0898. The fourth-order valence-corrected chi connectivity index (χ4v) is 5.83. The zero-order valence-electron chi connectivity index (χ0n) is 19.5. The van der Waals surface area contributed by atoms with Crippen molar-refractivity contribution < 1.29 is 28.9 Å². The Hall–Kier alpha value is -1.40. The summed E-state index contributed by atoms with van der Waals surface area (Å²) < 4.78 is 17.8. The van der Waals surface area contributed by atoms with Crippen LogP contribution in [0.5, 0.6) is 0 Å². The average molecular weight is 435 g/mol. The second-order valence-corrected chi connectivity index (χ2v) is 10.9. The van der Waals surface area contributed by atoms with Gasteiger partial charge in [-0.15, -0.1) is 0 Å². The molecular weight excluding hydrogens is 396 g/mol. The molecule has 1 N–H and O–H groups in total. The van der Waals surface area contributed by atoms with E-state index in [1.165, 1.54) is 5.57 Å². The van der Waals surface area contributed by atoms with E-state index in [-0.39, 0.29) is 48.7 Å². The molecule has 2 aliphatic heterocycles. The number of carbonyl (C=O) groups excluding carboxylic acids is 2. The number of esters is 2. The first-order valence-electron chi connectivity index (χ1n) is 12.1. The molecule has 4 aliphatic rings. The van der Waals surface area contributed by atoms with Crippen molar-refractivity contribution in [2.24, 2.45) is 29.1 Å². The number of hydrogen-bond acceptors (Lipinski definition) is 6. The molecule has 1 saturated carbocycles. The first-order valence-corrected chi connectivity index (χ1v) is 12.1.